The zero-order valence-corrected chi connectivity index (χ0v) is 17.9. The van der Waals surface area contributed by atoms with Crippen molar-refractivity contribution >= 4 is 34.8 Å². The van der Waals surface area contributed by atoms with Gasteiger partial charge in [-0.05, 0) is 55.7 Å². The molecular weight excluding hydrogens is 386 g/mol. The number of imide groups is 1. The third-order valence-corrected chi connectivity index (χ3v) is 6.62. The fourth-order valence-electron chi connectivity index (χ4n) is 4.25. The number of hydrogen-bond acceptors (Lipinski definition) is 4. The van der Waals surface area contributed by atoms with Gasteiger partial charge in [0.05, 0.1) is 18.2 Å². The van der Waals surface area contributed by atoms with E-state index in [1.165, 1.54) is 21.7 Å². The first-order chi connectivity index (χ1) is 13.9. The van der Waals surface area contributed by atoms with Gasteiger partial charge in [-0.15, -0.1) is 0 Å². The number of amides is 2. The number of carbonyl (C=O) groups excluding carboxylic acids is 2. The van der Waals surface area contributed by atoms with Gasteiger partial charge in [-0.1, -0.05) is 29.8 Å². The normalized spacial score (nSPS) is 20.6. The second-order valence-corrected chi connectivity index (χ2v) is 8.37. The van der Waals surface area contributed by atoms with Crippen LogP contribution in [0.5, 0.6) is 0 Å². The molecule has 2 aromatic rings. The molecule has 2 saturated heterocycles. The van der Waals surface area contributed by atoms with E-state index in [1.807, 2.05) is 13.0 Å². The van der Waals surface area contributed by atoms with E-state index in [1.54, 1.807) is 12.1 Å². The van der Waals surface area contributed by atoms with E-state index >= 15 is 0 Å². The second kappa shape index (κ2) is 7.81. The maximum absolute atomic E-state index is 13.1. The lowest BCUT2D eigenvalue weighted by atomic mass is 10.1. The zero-order chi connectivity index (χ0) is 20.7. The van der Waals surface area contributed by atoms with Crippen molar-refractivity contribution in [2.45, 2.75) is 33.2 Å². The van der Waals surface area contributed by atoms with Crippen molar-refractivity contribution in [2.24, 2.45) is 0 Å². The number of carbonyl (C=O) groups is 2. The van der Waals surface area contributed by atoms with E-state index in [-0.39, 0.29) is 24.3 Å². The minimum Gasteiger partial charge on any atom is -0.369 e. The molecule has 2 heterocycles. The smallest absolute Gasteiger partial charge is 0.251 e. The average molecular weight is 412 g/mol. The molecular formula is C23H26ClN3O2. The number of piperazine rings is 1. The van der Waals surface area contributed by atoms with Crippen LogP contribution in [0, 0.1) is 20.8 Å². The van der Waals surface area contributed by atoms with Gasteiger partial charge in [0, 0.05) is 36.9 Å². The molecule has 0 aliphatic carbocycles. The summed E-state index contributed by atoms with van der Waals surface area (Å²) < 4.78 is 0. The number of rotatable bonds is 3. The van der Waals surface area contributed by atoms with Crippen LogP contribution in [0.4, 0.5) is 11.4 Å². The molecule has 0 radical (unpaired) electrons. The summed E-state index contributed by atoms with van der Waals surface area (Å²) in [4.78, 5) is 31.5. The standard InChI is InChI=1S/C23H26ClN3O2/c1-15-5-4-6-20(17(15)3)25-9-11-26(12-10-25)21-14-22(28)27(23(21)29)18-8-7-16(2)19(24)13-18/h4-8,13,21H,9-12,14H2,1-3H3. The molecule has 2 aliphatic rings. The molecule has 0 spiro atoms. The van der Waals surface area contributed by atoms with Crippen molar-refractivity contribution in [1.29, 1.82) is 0 Å². The van der Waals surface area contributed by atoms with Crippen LogP contribution in [0.15, 0.2) is 36.4 Å². The highest BCUT2D eigenvalue weighted by Crippen LogP contribution is 2.30. The van der Waals surface area contributed by atoms with Crippen LogP contribution < -0.4 is 9.80 Å². The fraction of sp³-hybridized carbons (Fsp3) is 0.391. The molecule has 0 N–H and O–H groups in total. The lowest BCUT2D eigenvalue weighted by molar-refractivity contribution is -0.123. The van der Waals surface area contributed by atoms with Gasteiger partial charge in [0.15, 0.2) is 0 Å². The number of hydrogen-bond donors (Lipinski definition) is 0. The van der Waals surface area contributed by atoms with Crippen LogP contribution in [0.1, 0.15) is 23.1 Å². The third kappa shape index (κ3) is 3.65. The Bertz CT molecular complexity index is 967. The summed E-state index contributed by atoms with van der Waals surface area (Å²) in [6.07, 6.45) is 0.230. The highest BCUT2D eigenvalue weighted by Gasteiger charge is 2.43. The van der Waals surface area contributed by atoms with Gasteiger partial charge in [0.1, 0.15) is 0 Å². The molecule has 2 fully saturated rings. The minimum absolute atomic E-state index is 0.143. The quantitative estimate of drug-likeness (QED) is 0.722. The number of nitrogens with zero attached hydrogens (tertiary/aromatic N) is 3. The SMILES string of the molecule is Cc1ccc(N2C(=O)CC(N3CCN(c4cccc(C)c4C)CC3)C2=O)cc1Cl. The maximum atomic E-state index is 13.1. The molecule has 4 rings (SSSR count). The first-order valence-electron chi connectivity index (χ1n) is 10.0. The Hall–Kier alpha value is -2.37. The van der Waals surface area contributed by atoms with Crippen LogP contribution in [-0.2, 0) is 9.59 Å². The van der Waals surface area contributed by atoms with E-state index in [0.717, 1.165) is 31.7 Å². The van der Waals surface area contributed by atoms with Gasteiger partial charge in [0.2, 0.25) is 5.91 Å². The number of halogens is 1. The van der Waals surface area contributed by atoms with Crippen molar-refractivity contribution < 1.29 is 9.59 Å². The van der Waals surface area contributed by atoms with E-state index in [4.69, 9.17) is 11.6 Å². The van der Waals surface area contributed by atoms with Crippen molar-refractivity contribution in [2.75, 3.05) is 36.0 Å². The van der Waals surface area contributed by atoms with Crippen molar-refractivity contribution in [1.82, 2.24) is 4.90 Å². The van der Waals surface area contributed by atoms with Crippen LogP contribution in [0.25, 0.3) is 0 Å². The first kappa shape index (κ1) is 19.9. The van der Waals surface area contributed by atoms with Crippen LogP contribution >= 0.6 is 11.6 Å². The highest BCUT2D eigenvalue weighted by molar-refractivity contribution is 6.32. The summed E-state index contributed by atoms with van der Waals surface area (Å²) in [6, 6.07) is 11.3. The first-order valence-corrected chi connectivity index (χ1v) is 10.4. The Morgan fingerprint density at radius 1 is 0.931 bits per heavy atom. The van der Waals surface area contributed by atoms with Gasteiger partial charge in [-0.2, -0.15) is 0 Å². The number of anilines is 2. The van der Waals surface area contributed by atoms with Crippen molar-refractivity contribution in [3.8, 4) is 0 Å². The van der Waals surface area contributed by atoms with Gasteiger partial charge in [-0.3, -0.25) is 14.5 Å². The zero-order valence-electron chi connectivity index (χ0n) is 17.1. The molecule has 0 aromatic heterocycles. The molecule has 0 saturated carbocycles. The summed E-state index contributed by atoms with van der Waals surface area (Å²) in [5, 5.41) is 0.564. The second-order valence-electron chi connectivity index (χ2n) is 7.96. The van der Waals surface area contributed by atoms with E-state index in [0.29, 0.717) is 10.7 Å². The minimum atomic E-state index is -0.386. The van der Waals surface area contributed by atoms with Crippen LogP contribution in [0.2, 0.25) is 5.02 Å². The van der Waals surface area contributed by atoms with E-state index in [9.17, 15) is 9.59 Å². The largest absolute Gasteiger partial charge is 0.369 e. The molecule has 1 atom stereocenters. The summed E-state index contributed by atoms with van der Waals surface area (Å²) >= 11 is 6.21. The Morgan fingerprint density at radius 2 is 1.66 bits per heavy atom. The summed E-state index contributed by atoms with van der Waals surface area (Å²) in [6.45, 7) is 9.40. The molecule has 29 heavy (non-hydrogen) atoms. The van der Waals surface area contributed by atoms with Gasteiger partial charge < -0.3 is 4.90 Å². The number of benzene rings is 2. The maximum Gasteiger partial charge on any atom is 0.251 e. The van der Waals surface area contributed by atoms with Gasteiger partial charge in [-0.25, -0.2) is 4.90 Å². The summed E-state index contributed by atoms with van der Waals surface area (Å²) in [7, 11) is 0. The lowest BCUT2D eigenvalue weighted by Crippen LogP contribution is -2.52. The Kier molecular flexibility index (Phi) is 5.36. The van der Waals surface area contributed by atoms with E-state index < -0.39 is 0 Å². The summed E-state index contributed by atoms with van der Waals surface area (Å²) in [5.41, 5.74) is 5.33. The number of aryl methyl sites for hydroxylation is 2. The Balaban J connectivity index is 1.46. The van der Waals surface area contributed by atoms with E-state index in [2.05, 4.69) is 41.8 Å². The molecule has 152 valence electrons. The highest BCUT2D eigenvalue weighted by atomic mass is 35.5. The summed E-state index contributed by atoms with van der Waals surface area (Å²) in [5.74, 6) is -0.299. The van der Waals surface area contributed by atoms with Crippen molar-refractivity contribution in [3.05, 3.63) is 58.1 Å². The molecule has 5 nitrogen and oxygen atoms in total. The fourth-order valence-corrected chi connectivity index (χ4v) is 4.42. The predicted octanol–water partition coefficient (Wildman–Crippen LogP) is 3.72. The van der Waals surface area contributed by atoms with Gasteiger partial charge in [0.25, 0.3) is 5.91 Å². The van der Waals surface area contributed by atoms with Crippen LogP contribution in [-0.4, -0.2) is 48.9 Å². The molecule has 2 aliphatic heterocycles. The predicted molar refractivity (Wildman–Crippen MR) is 117 cm³/mol. The molecule has 6 heteroatoms. The molecule has 1 unspecified atom stereocenters. The monoisotopic (exact) mass is 411 g/mol. The average Bonchev–Trinajstić information content (AvgIpc) is 3.00. The van der Waals surface area contributed by atoms with Gasteiger partial charge >= 0.3 is 0 Å². The van der Waals surface area contributed by atoms with Crippen molar-refractivity contribution in [3.63, 3.8) is 0 Å². The molecule has 2 amide bonds. The van der Waals surface area contributed by atoms with Crippen LogP contribution in [0.3, 0.4) is 0 Å². The topological polar surface area (TPSA) is 43.9 Å². The lowest BCUT2D eigenvalue weighted by Gasteiger charge is -2.38. The molecule has 2 aromatic carbocycles. The third-order valence-electron chi connectivity index (χ3n) is 6.21. The Labute approximate surface area is 176 Å². The molecule has 0 bridgehead atoms. The Morgan fingerprint density at radius 3 is 2.34 bits per heavy atom.